The van der Waals surface area contributed by atoms with Gasteiger partial charge >= 0.3 is 0 Å². The molecule has 0 saturated carbocycles. The summed E-state index contributed by atoms with van der Waals surface area (Å²) < 4.78 is 0. The van der Waals surface area contributed by atoms with Gasteiger partial charge in [0, 0.05) is 13.6 Å². The fraction of sp³-hybridized carbons (Fsp3) is 0.818. The van der Waals surface area contributed by atoms with E-state index in [1.807, 2.05) is 13.8 Å². The molecule has 0 spiro atoms. The Labute approximate surface area is 97.2 Å². The molecule has 0 bridgehead atoms. The van der Waals surface area contributed by atoms with Gasteiger partial charge < -0.3 is 16.4 Å². The monoisotopic (exact) mass is 229 g/mol. The number of hydrogen-bond donors (Lipinski definition) is 3. The normalized spacial score (nSPS) is 13.4. The fourth-order valence-electron chi connectivity index (χ4n) is 1.15. The maximum atomic E-state index is 11.6. The summed E-state index contributed by atoms with van der Waals surface area (Å²) in [4.78, 5) is 23.0. The molecule has 0 unspecified atom stereocenters. The lowest BCUT2D eigenvalue weighted by molar-refractivity contribution is -0.129. The first-order valence-electron chi connectivity index (χ1n) is 5.48. The predicted octanol–water partition coefficient (Wildman–Crippen LogP) is -0.142. The highest BCUT2D eigenvalue weighted by molar-refractivity contribution is 5.84. The van der Waals surface area contributed by atoms with Gasteiger partial charge in [-0.2, -0.15) is 0 Å². The molecule has 0 radical (unpaired) electrons. The molecular formula is C11H23N3O2. The average Bonchev–Trinajstić information content (AvgIpc) is 2.23. The summed E-state index contributed by atoms with van der Waals surface area (Å²) in [5.41, 5.74) is 5.06. The van der Waals surface area contributed by atoms with Crippen molar-refractivity contribution in [2.75, 3.05) is 13.6 Å². The van der Waals surface area contributed by atoms with Crippen LogP contribution in [0.3, 0.4) is 0 Å². The third-order valence-corrected chi connectivity index (χ3v) is 2.57. The van der Waals surface area contributed by atoms with Crippen LogP contribution in [0.25, 0.3) is 0 Å². The molecule has 0 aromatic heterocycles. The molecule has 1 atom stereocenters. The van der Waals surface area contributed by atoms with E-state index in [0.717, 1.165) is 0 Å². The molecule has 0 heterocycles. The van der Waals surface area contributed by atoms with Crippen LogP contribution in [-0.2, 0) is 9.59 Å². The number of carbonyl (C=O) groups excluding carboxylic acids is 2. The SMILES string of the molecule is CNC(=O)C(C)(C)CNC(=O)[C@@H](N)C(C)C. The summed E-state index contributed by atoms with van der Waals surface area (Å²) in [6, 6.07) is -0.527. The Kier molecular flexibility index (Phi) is 5.44. The van der Waals surface area contributed by atoms with E-state index in [-0.39, 0.29) is 24.3 Å². The van der Waals surface area contributed by atoms with Crippen molar-refractivity contribution in [3.8, 4) is 0 Å². The number of nitrogens with two attached hydrogens (primary N) is 1. The molecule has 0 rings (SSSR count). The summed E-state index contributed by atoms with van der Waals surface area (Å²) in [6.07, 6.45) is 0. The largest absolute Gasteiger partial charge is 0.359 e. The molecule has 0 fully saturated rings. The highest BCUT2D eigenvalue weighted by atomic mass is 16.2. The van der Waals surface area contributed by atoms with Gasteiger partial charge in [0.15, 0.2) is 0 Å². The van der Waals surface area contributed by atoms with Crippen molar-refractivity contribution in [1.29, 1.82) is 0 Å². The summed E-state index contributed by atoms with van der Waals surface area (Å²) in [7, 11) is 1.58. The standard InChI is InChI=1S/C11H23N3O2/c1-7(2)8(12)9(15)14-6-11(3,4)10(16)13-5/h7-8H,6,12H2,1-5H3,(H,13,16)(H,14,15)/t8-/m0/s1. The molecule has 0 aliphatic heterocycles. The molecule has 0 aliphatic rings. The first kappa shape index (κ1) is 14.9. The topological polar surface area (TPSA) is 84.2 Å². The zero-order chi connectivity index (χ0) is 12.9. The van der Waals surface area contributed by atoms with Gasteiger partial charge in [0.2, 0.25) is 11.8 Å². The van der Waals surface area contributed by atoms with Gasteiger partial charge in [0.1, 0.15) is 0 Å². The van der Waals surface area contributed by atoms with Crippen LogP contribution in [0.1, 0.15) is 27.7 Å². The molecule has 4 N–H and O–H groups in total. The third kappa shape index (κ3) is 4.18. The van der Waals surface area contributed by atoms with E-state index in [1.54, 1.807) is 20.9 Å². The van der Waals surface area contributed by atoms with Crippen LogP contribution in [0.4, 0.5) is 0 Å². The van der Waals surface area contributed by atoms with E-state index in [2.05, 4.69) is 10.6 Å². The Morgan fingerprint density at radius 3 is 2.19 bits per heavy atom. The van der Waals surface area contributed by atoms with Crippen molar-refractivity contribution in [2.24, 2.45) is 17.1 Å². The van der Waals surface area contributed by atoms with Crippen molar-refractivity contribution in [3.05, 3.63) is 0 Å². The lowest BCUT2D eigenvalue weighted by atomic mass is 9.92. The predicted molar refractivity (Wildman–Crippen MR) is 63.7 cm³/mol. The summed E-state index contributed by atoms with van der Waals surface area (Å²) in [5, 5.41) is 5.25. The van der Waals surface area contributed by atoms with Crippen molar-refractivity contribution >= 4 is 11.8 Å². The van der Waals surface area contributed by atoms with E-state index < -0.39 is 11.5 Å². The average molecular weight is 229 g/mol. The van der Waals surface area contributed by atoms with E-state index >= 15 is 0 Å². The molecular weight excluding hydrogens is 206 g/mol. The van der Waals surface area contributed by atoms with Gasteiger partial charge in [0.25, 0.3) is 0 Å². The second-order valence-electron chi connectivity index (χ2n) is 4.95. The van der Waals surface area contributed by atoms with E-state index in [9.17, 15) is 9.59 Å². The lowest BCUT2D eigenvalue weighted by Gasteiger charge is -2.24. The maximum Gasteiger partial charge on any atom is 0.237 e. The molecule has 0 aromatic carbocycles. The Balaban J connectivity index is 4.25. The number of carbonyl (C=O) groups is 2. The van der Waals surface area contributed by atoms with Crippen LogP contribution >= 0.6 is 0 Å². The minimum Gasteiger partial charge on any atom is -0.359 e. The molecule has 0 aromatic rings. The van der Waals surface area contributed by atoms with E-state index in [4.69, 9.17) is 5.73 Å². The zero-order valence-electron chi connectivity index (χ0n) is 10.8. The number of rotatable bonds is 5. The molecule has 0 aliphatic carbocycles. The first-order chi connectivity index (χ1) is 7.22. The Morgan fingerprint density at radius 1 is 1.31 bits per heavy atom. The molecule has 0 saturated heterocycles. The summed E-state index contributed by atoms with van der Waals surface area (Å²) in [5.74, 6) is -0.235. The van der Waals surface area contributed by atoms with Crippen LogP contribution in [0, 0.1) is 11.3 Å². The Hall–Kier alpha value is -1.10. The van der Waals surface area contributed by atoms with Gasteiger partial charge in [-0.15, -0.1) is 0 Å². The quantitative estimate of drug-likeness (QED) is 0.613. The molecule has 94 valence electrons. The van der Waals surface area contributed by atoms with Crippen LogP contribution in [0.5, 0.6) is 0 Å². The van der Waals surface area contributed by atoms with Crippen molar-refractivity contribution < 1.29 is 9.59 Å². The highest BCUT2D eigenvalue weighted by Gasteiger charge is 2.28. The Bertz CT molecular complexity index is 262. The number of nitrogens with one attached hydrogen (secondary N) is 2. The van der Waals surface area contributed by atoms with Gasteiger partial charge in [-0.1, -0.05) is 13.8 Å². The maximum absolute atomic E-state index is 11.6. The number of amides is 2. The zero-order valence-corrected chi connectivity index (χ0v) is 10.8. The minimum atomic E-state index is -0.624. The fourth-order valence-corrected chi connectivity index (χ4v) is 1.15. The lowest BCUT2D eigenvalue weighted by Crippen LogP contribution is -2.49. The van der Waals surface area contributed by atoms with Gasteiger partial charge in [0.05, 0.1) is 11.5 Å². The van der Waals surface area contributed by atoms with Gasteiger partial charge in [-0.3, -0.25) is 9.59 Å². The molecule has 16 heavy (non-hydrogen) atoms. The summed E-state index contributed by atoms with van der Waals surface area (Å²) >= 11 is 0. The second kappa shape index (κ2) is 5.84. The third-order valence-electron chi connectivity index (χ3n) is 2.57. The van der Waals surface area contributed by atoms with Crippen LogP contribution in [-0.4, -0.2) is 31.4 Å². The number of hydrogen-bond acceptors (Lipinski definition) is 3. The minimum absolute atomic E-state index is 0.0862. The van der Waals surface area contributed by atoms with Gasteiger partial charge in [-0.25, -0.2) is 0 Å². The van der Waals surface area contributed by atoms with Crippen LogP contribution in [0.2, 0.25) is 0 Å². The van der Waals surface area contributed by atoms with E-state index in [0.29, 0.717) is 0 Å². The smallest absolute Gasteiger partial charge is 0.237 e. The highest BCUT2D eigenvalue weighted by Crippen LogP contribution is 2.13. The van der Waals surface area contributed by atoms with Gasteiger partial charge in [-0.05, 0) is 19.8 Å². The van der Waals surface area contributed by atoms with Crippen LogP contribution < -0.4 is 16.4 Å². The Morgan fingerprint density at radius 2 is 1.81 bits per heavy atom. The molecule has 2 amide bonds. The molecule has 5 heteroatoms. The van der Waals surface area contributed by atoms with Crippen LogP contribution in [0.15, 0.2) is 0 Å². The first-order valence-corrected chi connectivity index (χ1v) is 5.48. The molecule has 5 nitrogen and oxygen atoms in total. The second-order valence-corrected chi connectivity index (χ2v) is 4.95. The van der Waals surface area contributed by atoms with E-state index in [1.165, 1.54) is 0 Å². The van der Waals surface area contributed by atoms with Crippen molar-refractivity contribution in [1.82, 2.24) is 10.6 Å². The van der Waals surface area contributed by atoms with Crippen molar-refractivity contribution in [2.45, 2.75) is 33.7 Å². The van der Waals surface area contributed by atoms with Crippen molar-refractivity contribution in [3.63, 3.8) is 0 Å². The summed E-state index contributed by atoms with van der Waals surface area (Å²) in [6.45, 7) is 7.59.